The lowest BCUT2D eigenvalue weighted by molar-refractivity contribution is -0.140. The highest BCUT2D eigenvalue weighted by atomic mass is 35.5. The molecule has 1 aromatic rings. The van der Waals surface area contributed by atoms with Crippen molar-refractivity contribution in [3.05, 3.63) is 29.3 Å². The summed E-state index contributed by atoms with van der Waals surface area (Å²) in [6, 6.07) is 5.28. The molecule has 0 aromatic heterocycles. The van der Waals surface area contributed by atoms with Crippen LogP contribution in [0.4, 0.5) is 10.5 Å². The van der Waals surface area contributed by atoms with Crippen LogP contribution in [-0.2, 0) is 9.59 Å². The van der Waals surface area contributed by atoms with E-state index in [-0.39, 0.29) is 6.04 Å². The van der Waals surface area contributed by atoms with Crippen molar-refractivity contribution in [1.82, 2.24) is 4.90 Å². The third-order valence-corrected chi connectivity index (χ3v) is 3.37. The van der Waals surface area contributed by atoms with E-state index >= 15 is 0 Å². The summed E-state index contributed by atoms with van der Waals surface area (Å²) in [6.45, 7) is 3.58. The van der Waals surface area contributed by atoms with Crippen molar-refractivity contribution in [2.45, 2.75) is 26.3 Å². The van der Waals surface area contributed by atoms with Crippen molar-refractivity contribution < 1.29 is 14.4 Å². The zero-order valence-corrected chi connectivity index (χ0v) is 11.3. The third kappa shape index (κ3) is 2.21. The second-order valence-electron chi connectivity index (χ2n) is 4.33. The van der Waals surface area contributed by atoms with Crippen molar-refractivity contribution in [3.8, 4) is 0 Å². The average molecular weight is 281 g/mol. The van der Waals surface area contributed by atoms with E-state index < -0.39 is 17.8 Å². The number of anilines is 1. The van der Waals surface area contributed by atoms with Crippen LogP contribution in [0.1, 0.15) is 20.3 Å². The number of hydrogen-bond donors (Lipinski definition) is 0. The molecular weight excluding hydrogens is 268 g/mol. The molecule has 100 valence electrons. The monoisotopic (exact) mass is 280 g/mol. The largest absolute Gasteiger partial charge is 0.339 e. The summed E-state index contributed by atoms with van der Waals surface area (Å²) >= 11 is 5.76. The zero-order valence-electron chi connectivity index (χ0n) is 10.6. The number of carbonyl (C=O) groups excluding carboxylic acids is 3. The van der Waals surface area contributed by atoms with Gasteiger partial charge in [0.15, 0.2) is 0 Å². The molecule has 2 rings (SSSR count). The van der Waals surface area contributed by atoms with Crippen LogP contribution in [0.5, 0.6) is 0 Å². The molecule has 1 atom stereocenters. The van der Waals surface area contributed by atoms with E-state index in [0.717, 1.165) is 9.80 Å². The number of halogens is 1. The minimum atomic E-state index is -0.826. The van der Waals surface area contributed by atoms with Crippen molar-refractivity contribution in [2.24, 2.45) is 0 Å². The zero-order chi connectivity index (χ0) is 14.2. The Morgan fingerprint density at radius 1 is 1.11 bits per heavy atom. The van der Waals surface area contributed by atoms with Gasteiger partial charge in [0.25, 0.3) is 0 Å². The van der Waals surface area contributed by atoms with Gasteiger partial charge in [-0.3, -0.25) is 14.5 Å². The standard InChI is InChI=1S/C13H13ClN2O3/c1-3-8(2)15-11(17)12(18)16(13(15)19)10-6-4-9(14)5-7-10/h4-8H,3H2,1-2H3/t8-/m0/s1. The topological polar surface area (TPSA) is 57.7 Å². The summed E-state index contributed by atoms with van der Waals surface area (Å²) in [5.74, 6) is -1.61. The van der Waals surface area contributed by atoms with Crippen LogP contribution in [0.3, 0.4) is 0 Å². The van der Waals surface area contributed by atoms with Crippen molar-refractivity contribution >= 4 is 35.1 Å². The van der Waals surface area contributed by atoms with E-state index in [1.165, 1.54) is 12.1 Å². The van der Waals surface area contributed by atoms with Crippen LogP contribution >= 0.6 is 11.6 Å². The second kappa shape index (κ2) is 5.01. The summed E-state index contributed by atoms with van der Waals surface area (Å²) in [7, 11) is 0. The molecule has 0 aliphatic carbocycles. The Hall–Kier alpha value is -1.88. The van der Waals surface area contributed by atoms with E-state index in [0.29, 0.717) is 17.1 Å². The molecule has 19 heavy (non-hydrogen) atoms. The summed E-state index contributed by atoms with van der Waals surface area (Å²) in [5.41, 5.74) is 0.346. The number of benzene rings is 1. The van der Waals surface area contributed by atoms with Crippen LogP contribution in [0.15, 0.2) is 24.3 Å². The summed E-state index contributed by atoms with van der Waals surface area (Å²) in [6.07, 6.45) is 0.596. The molecule has 1 aromatic carbocycles. The molecule has 4 amide bonds. The van der Waals surface area contributed by atoms with E-state index in [2.05, 4.69) is 0 Å². The molecule has 0 bridgehead atoms. The number of hydrogen-bond acceptors (Lipinski definition) is 3. The minimum absolute atomic E-state index is 0.304. The maximum atomic E-state index is 12.2. The highest BCUT2D eigenvalue weighted by Crippen LogP contribution is 2.25. The first kappa shape index (κ1) is 13.5. The lowest BCUT2D eigenvalue weighted by atomic mass is 10.2. The SMILES string of the molecule is CC[C@H](C)N1C(=O)C(=O)N(c2ccc(Cl)cc2)C1=O. The van der Waals surface area contributed by atoms with Crippen molar-refractivity contribution in [2.75, 3.05) is 4.90 Å². The number of amides is 4. The van der Waals surface area contributed by atoms with Gasteiger partial charge in [0.05, 0.1) is 5.69 Å². The predicted octanol–water partition coefficient (Wildman–Crippen LogP) is 2.43. The lowest BCUT2D eigenvalue weighted by Crippen LogP contribution is -2.39. The van der Waals surface area contributed by atoms with Crippen LogP contribution in [0.25, 0.3) is 0 Å². The molecule has 0 unspecified atom stereocenters. The van der Waals surface area contributed by atoms with Crippen molar-refractivity contribution in [3.63, 3.8) is 0 Å². The Bertz CT molecular complexity index is 541. The fourth-order valence-electron chi connectivity index (χ4n) is 1.87. The molecule has 0 radical (unpaired) electrons. The maximum absolute atomic E-state index is 12.2. The fourth-order valence-corrected chi connectivity index (χ4v) is 2.00. The average Bonchev–Trinajstić information content (AvgIpc) is 2.61. The Morgan fingerprint density at radius 3 is 2.21 bits per heavy atom. The molecule has 0 saturated carbocycles. The summed E-state index contributed by atoms with van der Waals surface area (Å²) in [5, 5.41) is 0.493. The predicted molar refractivity (Wildman–Crippen MR) is 70.9 cm³/mol. The molecule has 6 heteroatoms. The van der Waals surface area contributed by atoms with Crippen LogP contribution in [0.2, 0.25) is 5.02 Å². The molecule has 1 heterocycles. The van der Waals surface area contributed by atoms with Gasteiger partial charge in [-0.25, -0.2) is 9.69 Å². The highest BCUT2D eigenvalue weighted by Gasteiger charge is 2.46. The van der Waals surface area contributed by atoms with Gasteiger partial charge >= 0.3 is 17.8 Å². The van der Waals surface area contributed by atoms with E-state index in [1.807, 2.05) is 6.92 Å². The molecule has 1 aliphatic rings. The van der Waals surface area contributed by atoms with E-state index in [1.54, 1.807) is 19.1 Å². The third-order valence-electron chi connectivity index (χ3n) is 3.12. The number of nitrogens with zero attached hydrogens (tertiary/aromatic N) is 2. The summed E-state index contributed by atoms with van der Waals surface area (Å²) in [4.78, 5) is 37.8. The normalized spacial score (nSPS) is 17.3. The molecule has 1 aliphatic heterocycles. The van der Waals surface area contributed by atoms with Crippen molar-refractivity contribution in [1.29, 1.82) is 0 Å². The molecule has 5 nitrogen and oxygen atoms in total. The first-order valence-electron chi connectivity index (χ1n) is 5.94. The molecule has 1 saturated heterocycles. The minimum Gasteiger partial charge on any atom is -0.263 e. The first-order chi connectivity index (χ1) is 8.97. The van der Waals surface area contributed by atoms with Crippen LogP contribution < -0.4 is 4.90 Å². The van der Waals surface area contributed by atoms with Gasteiger partial charge in [-0.2, -0.15) is 0 Å². The first-order valence-corrected chi connectivity index (χ1v) is 6.32. The van der Waals surface area contributed by atoms with Gasteiger partial charge in [-0.15, -0.1) is 0 Å². The smallest absolute Gasteiger partial charge is 0.263 e. The number of carbonyl (C=O) groups is 3. The number of urea groups is 1. The Labute approximate surface area is 115 Å². The second-order valence-corrected chi connectivity index (χ2v) is 4.77. The molecule has 0 N–H and O–H groups in total. The van der Waals surface area contributed by atoms with Gasteiger partial charge in [0.1, 0.15) is 0 Å². The molecule has 1 fully saturated rings. The highest BCUT2D eigenvalue weighted by molar-refractivity contribution is 6.52. The quantitative estimate of drug-likeness (QED) is 0.631. The Kier molecular flexibility index (Phi) is 3.57. The number of rotatable bonds is 3. The van der Waals surface area contributed by atoms with Crippen LogP contribution in [0, 0.1) is 0 Å². The van der Waals surface area contributed by atoms with Gasteiger partial charge in [-0.05, 0) is 37.6 Å². The maximum Gasteiger partial charge on any atom is 0.339 e. The van der Waals surface area contributed by atoms with Gasteiger partial charge in [0.2, 0.25) is 0 Å². The van der Waals surface area contributed by atoms with E-state index in [9.17, 15) is 14.4 Å². The fraction of sp³-hybridized carbons (Fsp3) is 0.308. The van der Waals surface area contributed by atoms with E-state index in [4.69, 9.17) is 11.6 Å². The van der Waals surface area contributed by atoms with Gasteiger partial charge < -0.3 is 0 Å². The summed E-state index contributed by atoms with van der Waals surface area (Å²) < 4.78 is 0. The molecule has 0 spiro atoms. The van der Waals surface area contributed by atoms with Gasteiger partial charge in [-0.1, -0.05) is 18.5 Å². The van der Waals surface area contributed by atoms with Crippen LogP contribution in [-0.4, -0.2) is 28.8 Å². The van der Waals surface area contributed by atoms with Gasteiger partial charge in [0, 0.05) is 11.1 Å². The Morgan fingerprint density at radius 2 is 1.68 bits per heavy atom. The molecular formula is C13H13ClN2O3. The lowest BCUT2D eigenvalue weighted by Gasteiger charge is -2.20. The Balaban J connectivity index is 2.37. The number of imide groups is 2.